The van der Waals surface area contributed by atoms with E-state index in [1.807, 2.05) is 6.92 Å². The van der Waals surface area contributed by atoms with Crippen molar-refractivity contribution in [3.63, 3.8) is 0 Å². The Morgan fingerprint density at radius 3 is 2.58 bits per heavy atom. The highest BCUT2D eigenvalue weighted by Gasteiger charge is 2.20. The summed E-state index contributed by atoms with van der Waals surface area (Å²) in [4.78, 5) is 0.264. The highest BCUT2D eigenvalue weighted by molar-refractivity contribution is 7.89. The zero-order valence-electron chi connectivity index (χ0n) is 11.4. The molecule has 1 saturated carbocycles. The van der Waals surface area contributed by atoms with Crippen molar-refractivity contribution in [3.05, 3.63) is 23.8 Å². The van der Waals surface area contributed by atoms with Gasteiger partial charge in [-0.2, -0.15) is 0 Å². The first-order chi connectivity index (χ1) is 9.03. The number of hydrogen-bond donors (Lipinski definition) is 2. The van der Waals surface area contributed by atoms with Crippen molar-refractivity contribution < 1.29 is 8.42 Å². The first-order valence-electron chi connectivity index (χ1n) is 6.91. The minimum Gasteiger partial charge on any atom is -0.398 e. The number of nitrogens with one attached hydrogen (secondary N) is 1. The lowest BCUT2D eigenvalue weighted by Gasteiger charge is -2.12. The quantitative estimate of drug-likeness (QED) is 0.814. The van der Waals surface area contributed by atoms with E-state index in [1.165, 1.54) is 12.8 Å². The summed E-state index contributed by atoms with van der Waals surface area (Å²) in [7, 11) is -3.43. The normalized spacial score (nSPS) is 16.9. The summed E-state index contributed by atoms with van der Waals surface area (Å²) in [6.07, 6.45) is 5.48. The molecule has 4 nitrogen and oxygen atoms in total. The van der Waals surface area contributed by atoms with E-state index in [0.29, 0.717) is 18.2 Å². The average molecular weight is 282 g/mol. The van der Waals surface area contributed by atoms with Gasteiger partial charge in [0.05, 0.1) is 4.90 Å². The van der Waals surface area contributed by atoms with Crippen molar-refractivity contribution in [2.45, 2.75) is 43.9 Å². The van der Waals surface area contributed by atoms with E-state index in [-0.39, 0.29) is 4.90 Å². The molecule has 0 amide bonds. The largest absolute Gasteiger partial charge is 0.398 e. The minimum atomic E-state index is -3.43. The fourth-order valence-electron chi connectivity index (χ4n) is 2.59. The molecule has 0 atom stereocenters. The number of rotatable bonds is 5. The zero-order valence-corrected chi connectivity index (χ0v) is 12.2. The van der Waals surface area contributed by atoms with Crippen LogP contribution in [0.25, 0.3) is 0 Å². The topological polar surface area (TPSA) is 72.2 Å². The smallest absolute Gasteiger partial charge is 0.240 e. The van der Waals surface area contributed by atoms with Gasteiger partial charge in [-0.25, -0.2) is 13.1 Å². The standard InChI is InChI=1S/C14H22N2O2S/c1-2-12-7-8-13(9-14(12)15)19(17,18)16-10-11-5-3-4-6-11/h7-9,11,16H,2-6,10,15H2,1H3. The SMILES string of the molecule is CCc1ccc(S(=O)(=O)NCC2CCCC2)cc1N. The van der Waals surface area contributed by atoms with Gasteiger partial charge in [0, 0.05) is 12.2 Å². The van der Waals surface area contributed by atoms with Crippen LogP contribution in [0.15, 0.2) is 23.1 Å². The maximum atomic E-state index is 12.2. The molecule has 0 aliphatic heterocycles. The number of aryl methyl sites for hydroxylation is 1. The van der Waals surface area contributed by atoms with E-state index in [1.54, 1.807) is 18.2 Å². The van der Waals surface area contributed by atoms with Crippen LogP contribution in [0.5, 0.6) is 0 Å². The van der Waals surface area contributed by atoms with Gasteiger partial charge < -0.3 is 5.73 Å². The first kappa shape index (κ1) is 14.3. The number of sulfonamides is 1. The van der Waals surface area contributed by atoms with E-state index < -0.39 is 10.0 Å². The second kappa shape index (κ2) is 5.92. The number of nitrogens with two attached hydrogens (primary N) is 1. The van der Waals surface area contributed by atoms with Gasteiger partial charge in [-0.05, 0) is 42.9 Å². The summed E-state index contributed by atoms with van der Waals surface area (Å²) in [5.41, 5.74) is 7.38. The molecule has 1 aromatic carbocycles. The lowest BCUT2D eigenvalue weighted by atomic mass is 10.1. The monoisotopic (exact) mass is 282 g/mol. The summed E-state index contributed by atoms with van der Waals surface area (Å²) < 4.78 is 27.0. The second-order valence-corrected chi connectivity index (χ2v) is 6.98. The molecule has 19 heavy (non-hydrogen) atoms. The fourth-order valence-corrected chi connectivity index (χ4v) is 3.74. The molecule has 1 aromatic rings. The molecule has 0 aromatic heterocycles. The van der Waals surface area contributed by atoms with Crippen molar-refractivity contribution in [1.82, 2.24) is 4.72 Å². The summed E-state index contributed by atoms with van der Waals surface area (Å²) in [5.74, 6) is 0.488. The van der Waals surface area contributed by atoms with Crippen LogP contribution < -0.4 is 10.5 Å². The second-order valence-electron chi connectivity index (χ2n) is 5.22. The fraction of sp³-hybridized carbons (Fsp3) is 0.571. The molecule has 0 saturated heterocycles. The van der Waals surface area contributed by atoms with Crippen molar-refractivity contribution in [1.29, 1.82) is 0 Å². The van der Waals surface area contributed by atoms with Crippen molar-refractivity contribution in [2.75, 3.05) is 12.3 Å². The van der Waals surface area contributed by atoms with Crippen molar-refractivity contribution in [3.8, 4) is 0 Å². The predicted octanol–water partition coefficient (Wildman–Crippen LogP) is 2.30. The molecule has 1 aliphatic carbocycles. The van der Waals surface area contributed by atoms with Gasteiger partial charge in [0.15, 0.2) is 0 Å². The third-order valence-electron chi connectivity index (χ3n) is 3.85. The van der Waals surface area contributed by atoms with Gasteiger partial charge in [0.2, 0.25) is 10.0 Å². The van der Waals surface area contributed by atoms with Gasteiger partial charge >= 0.3 is 0 Å². The molecule has 106 valence electrons. The molecule has 5 heteroatoms. The van der Waals surface area contributed by atoms with Crippen LogP contribution in [0.2, 0.25) is 0 Å². The molecule has 0 bridgehead atoms. The number of anilines is 1. The van der Waals surface area contributed by atoms with Gasteiger partial charge in [0.25, 0.3) is 0 Å². The van der Waals surface area contributed by atoms with Gasteiger partial charge in [0.1, 0.15) is 0 Å². The van der Waals surface area contributed by atoms with Crippen LogP contribution in [0.4, 0.5) is 5.69 Å². The molecule has 0 heterocycles. The Labute approximate surface area is 115 Å². The lowest BCUT2D eigenvalue weighted by molar-refractivity contribution is 0.519. The molecule has 1 aliphatic rings. The van der Waals surface area contributed by atoms with Gasteiger partial charge in [-0.1, -0.05) is 25.8 Å². The highest BCUT2D eigenvalue weighted by Crippen LogP contribution is 2.24. The number of benzene rings is 1. The van der Waals surface area contributed by atoms with Gasteiger partial charge in [-0.15, -0.1) is 0 Å². The average Bonchev–Trinajstić information content (AvgIpc) is 2.89. The summed E-state index contributed by atoms with van der Waals surface area (Å²) in [6.45, 7) is 2.54. The van der Waals surface area contributed by atoms with Crippen LogP contribution in [-0.2, 0) is 16.4 Å². The van der Waals surface area contributed by atoms with E-state index in [9.17, 15) is 8.42 Å². The third-order valence-corrected chi connectivity index (χ3v) is 5.27. The summed E-state index contributed by atoms with van der Waals surface area (Å²) in [6, 6.07) is 4.97. The zero-order chi connectivity index (χ0) is 13.9. The first-order valence-corrected chi connectivity index (χ1v) is 8.39. The third kappa shape index (κ3) is 3.48. The molecular weight excluding hydrogens is 260 g/mol. The Morgan fingerprint density at radius 1 is 1.32 bits per heavy atom. The van der Waals surface area contributed by atoms with E-state index in [2.05, 4.69) is 4.72 Å². The molecule has 1 fully saturated rings. The highest BCUT2D eigenvalue weighted by atomic mass is 32.2. The van der Waals surface area contributed by atoms with Crippen molar-refractivity contribution >= 4 is 15.7 Å². The Hall–Kier alpha value is -1.07. The van der Waals surface area contributed by atoms with Crippen LogP contribution >= 0.6 is 0 Å². The minimum absolute atomic E-state index is 0.264. The Morgan fingerprint density at radius 2 is 2.00 bits per heavy atom. The summed E-state index contributed by atoms with van der Waals surface area (Å²) >= 11 is 0. The van der Waals surface area contributed by atoms with E-state index >= 15 is 0 Å². The lowest BCUT2D eigenvalue weighted by Crippen LogP contribution is -2.28. The molecule has 0 radical (unpaired) electrons. The van der Waals surface area contributed by atoms with Crippen LogP contribution in [-0.4, -0.2) is 15.0 Å². The maximum Gasteiger partial charge on any atom is 0.240 e. The Kier molecular flexibility index (Phi) is 4.47. The number of hydrogen-bond acceptors (Lipinski definition) is 3. The molecule has 0 unspecified atom stereocenters. The van der Waals surface area contributed by atoms with Crippen molar-refractivity contribution in [2.24, 2.45) is 5.92 Å². The molecule has 2 rings (SSSR count). The molecule has 0 spiro atoms. The Balaban J connectivity index is 2.08. The molecular formula is C14H22N2O2S. The maximum absolute atomic E-state index is 12.2. The van der Waals surface area contributed by atoms with Crippen LogP contribution in [0, 0.1) is 5.92 Å². The van der Waals surface area contributed by atoms with E-state index in [4.69, 9.17) is 5.73 Å². The summed E-state index contributed by atoms with van der Waals surface area (Å²) in [5, 5.41) is 0. The van der Waals surface area contributed by atoms with E-state index in [0.717, 1.165) is 24.8 Å². The van der Waals surface area contributed by atoms with Crippen LogP contribution in [0.3, 0.4) is 0 Å². The van der Waals surface area contributed by atoms with Crippen LogP contribution in [0.1, 0.15) is 38.2 Å². The Bertz CT molecular complexity index is 534. The molecule has 3 N–H and O–H groups in total. The predicted molar refractivity (Wildman–Crippen MR) is 77.4 cm³/mol. The van der Waals surface area contributed by atoms with Gasteiger partial charge in [-0.3, -0.25) is 0 Å². The number of nitrogen functional groups attached to an aromatic ring is 1.